The molecule has 3 rings (SSSR count). The molecule has 0 aliphatic carbocycles. The lowest BCUT2D eigenvalue weighted by atomic mass is 10.2. The Labute approximate surface area is 171 Å². The highest BCUT2D eigenvalue weighted by Gasteiger charge is 2.21. The van der Waals surface area contributed by atoms with Gasteiger partial charge in [-0.3, -0.25) is 4.79 Å². The second-order valence-corrected chi connectivity index (χ2v) is 6.84. The van der Waals surface area contributed by atoms with Crippen molar-refractivity contribution in [1.82, 2.24) is 30.3 Å². The first-order valence-electron chi connectivity index (χ1n) is 9.15. The number of hydrogen-bond donors (Lipinski definition) is 1. The molecule has 2 aromatic heterocycles. The van der Waals surface area contributed by atoms with Gasteiger partial charge in [0.15, 0.2) is 10.9 Å². The van der Waals surface area contributed by atoms with Crippen molar-refractivity contribution in [2.24, 2.45) is 0 Å². The maximum absolute atomic E-state index is 13.3. The average molecular weight is 416 g/mol. The fourth-order valence-corrected chi connectivity index (χ4v) is 3.29. The molecule has 1 N–H and O–H groups in total. The van der Waals surface area contributed by atoms with Gasteiger partial charge in [-0.25, -0.2) is 19.0 Å². The summed E-state index contributed by atoms with van der Waals surface area (Å²) in [5, 5.41) is 11.6. The molecule has 0 saturated carbocycles. The van der Waals surface area contributed by atoms with Crippen molar-refractivity contribution >= 4 is 17.7 Å². The molecule has 0 unspecified atom stereocenters. The van der Waals surface area contributed by atoms with Crippen molar-refractivity contribution in [2.75, 3.05) is 19.8 Å². The van der Waals surface area contributed by atoms with E-state index in [1.54, 1.807) is 30.6 Å². The lowest BCUT2D eigenvalue weighted by molar-refractivity contribution is 0.0938. The quantitative estimate of drug-likeness (QED) is 0.308. The monoisotopic (exact) mass is 416 g/mol. The van der Waals surface area contributed by atoms with Crippen LogP contribution in [0.4, 0.5) is 4.39 Å². The summed E-state index contributed by atoms with van der Waals surface area (Å²) in [5.41, 5.74) is 1.41. The molecule has 29 heavy (non-hydrogen) atoms. The Morgan fingerprint density at radius 1 is 1.24 bits per heavy atom. The minimum atomic E-state index is -0.352. The molecule has 0 spiro atoms. The van der Waals surface area contributed by atoms with Crippen LogP contribution in [0.2, 0.25) is 0 Å². The van der Waals surface area contributed by atoms with Gasteiger partial charge in [-0.1, -0.05) is 17.0 Å². The number of nitrogens with one attached hydrogen (secondary N) is 1. The van der Waals surface area contributed by atoms with Gasteiger partial charge in [-0.05, 0) is 43.7 Å². The fraction of sp³-hybridized carbons (Fsp3) is 0.316. The molecule has 152 valence electrons. The summed E-state index contributed by atoms with van der Waals surface area (Å²) in [4.78, 5) is 21.0. The molecule has 0 radical (unpaired) electrons. The molecular formula is C19H21FN6O2S. The summed E-state index contributed by atoms with van der Waals surface area (Å²) < 4.78 is 20.1. The lowest BCUT2D eigenvalue weighted by Gasteiger charge is -2.08. The molecule has 3 aromatic rings. The maximum atomic E-state index is 13.3. The van der Waals surface area contributed by atoms with Crippen LogP contribution in [0.1, 0.15) is 29.5 Å². The van der Waals surface area contributed by atoms with Gasteiger partial charge >= 0.3 is 0 Å². The first-order valence-corrected chi connectivity index (χ1v) is 10.1. The second kappa shape index (κ2) is 10.6. The molecule has 10 heteroatoms. The van der Waals surface area contributed by atoms with E-state index in [4.69, 9.17) is 4.74 Å². The summed E-state index contributed by atoms with van der Waals surface area (Å²) in [7, 11) is 0. The van der Waals surface area contributed by atoms with Gasteiger partial charge in [0.2, 0.25) is 0 Å². The Bertz CT molecular complexity index is 920. The number of ether oxygens (including phenoxy) is 1. The van der Waals surface area contributed by atoms with E-state index in [-0.39, 0.29) is 17.4 Å². The third-order valence-electron chi connectivity index (χ3n) is 3.88. The molecule has 2 heterocycles. The predicted molar refractivity (Wildman–Crippen MR) is 106 cm³/mol. The highest BCUT2D eigenvalue weighted by Crippen LogP contribution is 2.22. The van der Waals surface area contributed by atoms with E-state index in [2.05, 4.69) is 25.6 Å². The molecule has 8 nitrogen and oxygen atoms in total. The summed E-state index contributed by atoms with van der Waals surface area (Å²) in [6.07, 6.45) is 4.00. The van der Waals surface area contributed by atoms with Crippen LogP contribution in [0.25, 0.3) is 5.69 Å². The summed E-state index contributed by atoms with van der Waals surface area (Å²) in [5.74, 6) is -0.301. The highest BCUT2D eigenvalue weighted by molar-refractivity contribution is 7.98. The first-order chi connectivity index (χ1) is 14.2. The van der Waals surface area contributed by atoms with Crippen LogP contribution in [-0.4, -0.2) is 50.6 Å². The van der Waals surface area contributed by atoms with Gasteiger partial charge in [0.1, 0.15) is 5.82 Å². The van der Waals surface area contributed by atoms with Crippen molar-refractivity contribution in [3.8, 4) is 5.69 Å². The zero-order valence-electron chi connectivity index (χ0n) is 15.9. The van der Waals surface area contributed by atoms with Crippen LogP contribution in [0, 0.1) is 5.82 Å². The Hall–Kier alpha value is -2.85. The lowest BCUT2D eigenvalue weighted by Crippen LogP contribution is -2.26. The Morgan fingerprint density at radius 2 is 2.00 bits per heavy atom. The van der Waals surface area contributed by atoms with Gasteiger partial charge in [0.25, 0.3) is 5.91 Å². The third kappa shape index (κ3) is 5.81. The second-order valence-electron chi connectivity index (χ2n) is 5.90. The largest absolute Gasteiger partial charge is 0.382 e. The SMILES string of the molecule is CCOCCCNC(=O)c1nnn(-c2ccc(F)cc2)c1CSc1ncccn1. The minimum Gasteiger partial charge on any atom is -0.382 e. The fourth-order valence-electron chi connectivity index (χ4n) is 2.49. The number of carbonyl (C=O) groups excluding carboxylic acids is 1. The van der Waals surface area contributed by atoms with Crippen molar-refractivity contribution < 1.29 is 13.9 Å². The molecule has 0 bridgehead atoms. The topological polar surface area (TPSA) is 94.8 Å². The highest BCUT2D eigenvalue weighted by atomic mass is 32.2. The Balaban J connectivity index is 1.79. The van der Waals surface area contributed by atoms with Crippen LogP contribution in [-0.2, 0) is 10.5 Å². The molecule has 0 aliphatic heterocycles. The van der Waals surface area contributed by atoms with Gasteiger partial charge in [0.05, 0.1) is 11.4 Å². The predicted octanol–water partition coefficient (Wildman–Crippen LogP) is 2.65. The number of thioether (sulfide) groups is 1. The Morgan fingerprint density at radius 3 is 2.72 bits per heavy atom. The maximum Gasteiger partial charge on any atom is 0.273 e. The number of nitrogens with zero attached hydrogens (tertiary/aromatic N) is 5. The van der Waals surface area contributed by atoms with Gasteiger partial charge in [-0.15, -0.1) is 5.10 Å². The molecular weight excluding hydrogens is 395 g/mol. The average Bonchev–Trinajstić information content (AvgIpc) is 3.17. The molecule has 0 saturated heterocycles. The minimum absolute atomic E-state index is 0.217. The molecule has 1 aromatic carbocycles. The normalized spacial score (nSPS) is 10.8. The van der Waals surface area contributed by atoms with Gasteiger partial charge < -0.3 is 10.1 Å². The van der Waals surface area contributed by atoms with Gasteiger partial charge in [-0.2, -0.15) is 0 Å². The van der Waals surface area contributed by atoms with Crippen LogP contribution in [0.5, 0.6) is 0 Å². The van der Waals surface area contributed by atoms with E-state index in [1.165, 1.54) is 28.6 Å². The van der Waals surface area contributed by atoms with E-state index in [0.717, 1.165) is 0 Å². The summed E-state index contributed by atoms with van der Waals surface area (Å²) >= 11 is 1.36. The van der Waals surface area contributed by atoms with Crippen LogP contribution in [0.15, 0.2) is 47.9 Å². The smallest absolute Gasteiger partial charge is 0.273 e. The molecule has 1 amide bonds. The van der Waals surface area contributed by atoms with Gasteiger partial charge in [0, 0.05) is 37.9 Å². The van der Waals surface area contributed by atoms with Crippen LogP contribution >= 0.6 is 11.8 Å². The standard InChI is InChI=1S/C19H21FN6O2S/c1-2-28-12-4-11-21-18(27)17-16(13-29-19-22-9-3-10-23-19)26(25-24-17)15-7-5-14(20)6-8-15/h3,5-10H,2,4,11-13H2,1H3,(H,21,27). The van der Waals surface area contributed by atoms with Crippen molar-refractivity contribution in [1.29, 1.82) is 0 Å². The molecule has 0 atom stereocenters. The summed E-state index contributed by atoms with van der Waals surface area (Å²) in [6, 6.07) is 7.57. The number of rotatable bonds is 10. The molecule has 0 aliphatic rings. The number of halogens is 1. The van der Waals surface area contributed by atoms with E-state index >= 15 is 0 Å². The van der Waals surface area contributed by atoms with E-state index in [1.807, 2.05) is 6.92 Å². The van der Waals surface area contributed by atoms with E-state index in [0.29, 0.717) is 48.5 Å². The Kier molecular flexibility index (Phi) is 7.65. The third-order valence-corrected chi connectivity index (χ3v) is 4.77. The van der Waals surface area contributed by atoms with Crippen molar-refractivity contribution in [2.45, 2.75) is 24.3 Å². The van der Waals surface area contributed by atoms with Crippen molar-refractivity contribution in [3.05, 3.63) is 59.9 Å². The molecule has 0 fully saturated rings. The zero-order chi connectivity index (χ0) is 20.5. The summed E-state index contributed by atoms with van der Waals surface area (Å²) in [6.45, 7) is 3.61. The number of benzene rings is 1. The van der Waals surface area contributed by atoms with Crippen LogP contribution in [0.3, 0.4) is 0 Å². The number of amides is 1. The van der Waals surface area contributed by atoms with Crippen LogP contribution < -0.4 is 5.32 Å². The first kappa shape index (κ1) is 20.9. The zero-order valence-corrected chi connectivity index (χ0v) is 16.7. The van der Waals surface area contributed by atoms with Crippen molar-refractivity contribution in [3.63, 3.8) is 0 Å². The number of aromatic nitrogens is 5. The van der Waals surface area contributed by atoms with E-state index < -0.39 is 0 Å². The van der Waals surface area contributed by atoms with E-state index in [9.17, 15) is 9.18 Å². The number of carbonyl (C=O) groups is 1. The number of hydrogen-bond acceptors (Lipinski definition) is 7.